The zero-order valence-corrected chi connectivity index (χ0v) is 16.5. The molecule has 3 aromatic carbocycles. The Hall–Kier alpha value is -3.14. The van der Waals surface area contributed by atoms with Crippen molar-refractivity contribution in [1.82, 2.24) is 0 Å². The van der Waals surface area contributed by atoms with Gasteiger partial charge >= 0.3 is 0 Å². The molecule has 0 aliphatic heterocycles. The second-order valence-corrected chi connectivity index (χ2v) is 7.03. The van der Waals surface area contributed by atoms with Crippen molar-refractivity contribution in [2.45, 2.75) is 13.8 Å². The van der Waals surface area contributed by atoms with E-state index in [-0.39, 0.29) is 0 Å². The molecule has 146 valence electrons. The lowest BCUT2D eigenvalue weighted by atomic mass is 10.2. The lowest BCUT2D eigenvalue weighted by Crippen LogP contribution is -2.13. The molecule has 2 N–H and O–H groups in total. The van der Waals surface area contributed by atoms with Crippen LogP contribution in [0.5, 0.6) is 17.2 Å². The largest absolute Gasteiger partial charge is 0.493 e. The summed E-state index contributed by atoms with van der Waals surface area (Å²) in [6, 6.07) is 25.9. The van der Waals surface area contributed by atoms with Crippen LogP contribution in [0.15, 0.2) is 78.9 Å². The zero-order valence-electron chi connectivity index (χ0n) is 16.5. The molecular weight excluding hydrogens is 348 g/mol. The first-order chi connectivity index (χ1) is 13.7. The molecule has 3 rings (SSSR count). The smallest absolute Gasteiger partial charge is 0.127 e. The Balaban J connectivity index is 1.41. The fraction of sp³-hybridized carbons (Fsp3) is 0.250. The maximum Gasteiger partial charge on any atom is 0.127 e. The van der Waals surface area contributed by atoms with Crippen molar-refractivity contribution in [2.75, 3.05) is 30.3 Å². The van der Waals surface area contributed by atoms with Crippen molar-refractivity contribution in [3.63, 3.8) is 0 Å². The van der Waals surface area contributed by atoms with Crippen molar-refractivity contribution in [3.05, 3.63) is 78.9 Å². The third-order valence-corrected chi connectivity index (χ3v) is 4.03. The van der Waals surface area contributed by atoms with Crippen molar-refractivity contribution in [1.29, 1.82) is 0 Å². The van der Waals surface area contributed by atoms with Crippen LogP contribution in [0.1, 0.15) is 13.8 Å². The molecular formula is C24H28N2O2. The molecule has 0 aromatic heterocycles. The summed E-state index contributed by atoms with van der Waals surface area (Å²) in [6.07, 6.45) is 0. The Bertz CT molecular complexity index is 833. The van der Waals surface area contributed by atoms with Crippen molar-refractivity contribution < 1.29 is 9.47 Å². The molecule has 3 aromatic rings. The first kappa shape index (κ1) is 19.6. The lowest BCUT2D eigenvalue weighted by Gasteiger charge is -2.12. The molecule has 0 fully saturated rings. The minimum atomic E-state index is 0.519. The first-order valence-corrected chi connectivity index (χ1v) is 9.72. The van der Waals surface area contributed by atoms with Gasteiger partial charge in [-0.25, -0.2) is 0 Å². The van der Waals surface area contributed by atoms with Gasteiger partial charge in [-0.3, -0.25) is 0 Å². The van der Waals surface area contributed by atoms with Gasteiger partial charge in [0.15, 0.2) is 0 Å². The molecule has 0 amide bonds. The summed E-state index contributed by atoms with van der Waals surface area (Å²) in [5.74, 6) is 3.09. The van der Waals surface area contributed by atoms with E-state index in [0.29, 0.717) is 5.92 Å². The molecule has 0 spiro atoms. The summed E-state index contributed by atoms with van der Waals surface area (Å²) >= 11 is 0. The maximum atomic E-state index is 5.81. The van der Waals surface area contributed by atoms with E-state index in [2.05, 4.69) is 30.5 Å². The van der Waals surface area contributed by atoms with Crippen LogP contribution in [0.4, 0.5) is 11.4 Å². The fourth-order valence-electron chi connectivity index (χ4n) is 2.64. The van der Waals surface area contributed by atoms with Gasteiger partial charge in [0.1, 0.15) is 17.2 Å². The fourth-order valence-corrected chi connectivity index (χ4v) is 2.64. The van der Waals surface area contributed by atoms with E-state index in [1.807, 2.05) is 72.8 Å². The third-order valence-electron chi connectivity index (χ3n) is 4.03. The molecule has 0 saturated heterocycles. The van der Waals surface area contributed by atoms with E-state index in [1.165, 1.54) is 0 Å². The van der Waals surface area contributed by atoms with Gasteiger partial charge in [0.25, 0.3) is 0 Å². The van der Waals surface area contributed by atoms with Gasteiger partial charge in [-0.05, 0) is 54.4 Å². The number of anilines is 2. The molecule has 28 heavy (non-hydrogen) atoms. The number of hydrogen-bond donors (Lipinski definition) is 2. The normalized spacial score (nSPS) is 10.5. The SMILES string of the molecule is CC(C)COc1cccc(NCCNc2ccc(Oc3ccccc3)cc2)c1. The van der Waals surface area contributed by atoms with E-state index in [0.717, 1.165) is 48.3 Å². The van der Waals surface area contributed by atoms with Crippen LogP contribution in [0.25, 0.3) is 0 Å². The van der Waals surface area contributed by atoms with E-state index < -0.39 is 0 Å². The Morgan fingerprint density at radius 1 is 0.679 bits per heavy atom. The van der Waals surface area contributed by atoms with Crippen molar-refractivity contribution in [3.8, 4) is 17.2 Å². The highest BCUT2D eigenvalue weighted by molar-refractivity contribution is 5.49. The van der Waals surface area contributed by atoms with Gasteiger partial charge in [-0.15, -0.1) is 0 Å². The van der Waals surface area contributed by atoms with Gasteiger partial charge in [-0.2, -0.15) is 0 Å². The Kier molecular flexibility index (Phi) is 7.19. The summed E-state index contributed by atoms with van der Waals surface area (Å²) < 4.78 is 11.6. The van der Waals surface area contributed by atoms with Gasteiger partial charge in [-0.1, -0.05) is 38.1 Å². The quantitative estimate of drug-likeness (QED) is 0.424. The molecule has 4 heteroatoms. The molecule has 0 saturated carbocycles. The van der Waals surface area contributed by atoms with E-state index >= 15 is 0 Å². The average molecular weight is 377 g/mol. The lowest BCUT2D eigenvalue weighted by molar-refractivity contribution is 0.271. The molecule has 0 unspecified atom stereocenters. The standard InChI is InChI=1S/C24H28N2O2/c1-19(2)18-27-24-10-6-7-21(17-24)26-16-15-25-20-11-13-23(14-12-20)28-22-8-4-3-5-9-22/h3-14,17,19,25-26H,15-16,18H2,1-2H3. The highest BCUT2D eigenvalue weighted by Gasteiger charge is 2.00. The maximum absolute atomic E-state index is 5.81. The van der Waals surface area contributed by atoms with E-state index in [1.54, 1.807) is 0 Å². The minimum Gasteiger partial charge on any atom is -0.493 e. The Morgan fingerprint density at radius 3 is 2.04 bits per heavy atom. The number of nitrogens with one attached hydrogen (secondary N) is 2. The molecule has 0 atom stereocenters. The summed E-state index contributed by atoms with van der Waals surface area (Å²) in [5, 5.41) is 6.83. The van der Waals surface area contributed by atoms with Crippen molar-refractivity contribution >= 4 is 11.4 Å². The minimum absolute atomic E-state index is 0.519. The molecule has 0 aliphatic rings. The first-order valence-electron chi connectivity index (χ1n) is 9.72. The van der Waals surface area contributed by atoms with Crippen LogP contribution in [0.2, 0.25) is 0 Å². The monoisotopic (exact) mass is 376 g/mol. The predicted octanol–water partition coefficient (Wildman–Crippen LogP) is 6.04. The van der Waals surface area contributed by atoms with Gasteiger partial charge < -0.3 is 20.1 Å². The molecule has 0 aliphatic carbocycles. The molecule has 4 nitrogen and oxygen atoms in total. The van der Waals surface area contributed by atoms with E-state index in [9.17, 15) is 0 Å². The van der Waals surface area contributed by atoms with Crippen molar-refractivity contribution in [2.24, 2.45) is 5.92 Å². The van der Waals surface area contributed by atoms with Crippen LogP contribution in [0, 0.1) is 5.92 Å². The number of benzene rings is 3. The van der Waals surface area contributed by atoms with Crippen LogP contribution in [0.3, 0.4) is 0 Å². The van der Waals surface area contributed by atoms with Crippen LogP contribution < -0.4 is 20.1 Å². The van der Waals surface area contributed by atoms with Gasteiger partial charge in [0.05, 0.1) is 6.61 Å². The summed E-state index contributed by atoms with van der Waals surface area (Å²) in [7, 11) is 0. The zero-order chi connectivity index (χ0) is 19.6. The highest BCUT2D eigenvalue weighted by atomic mass is 16.5. The second kappa shape index (κ2) is 10.3. The average Bonchev–Trinajstić information content (AvgIpc) is 2.72. The van der Waals surface area contributed by atoms with Crippen LogP contribution >= 0.6 is 0 Å². The van der Waals surface area contributed by atoms with E-state index in [4.69, 9.17) is 9.47 Å². The highest BCUT2D eigenvalue weighted by Crippen LogP contribution is 2.22. The molecule has 0 bridgehead atoms. The van der Waals surface area contributed by atoms with Gasteiger partial charge in [0.2, 0.25) is 0 Å². The number of rotatable bonds is 10. The second-order valence-electron chi connectivity index (χ2n) is 7.03. The topological polar surface area (TPSA) is 42.5 Å². The number of ether oxygens (including phenoxy) is 2. The molecule has 0 radical (unpaired) electrons. The summed E-state index contributed by atoms with van der Waals surface area (Å²) in [5.41, 5.74) is 2.13. The number of hydrogen-bond acceptors (Lipinski definition) is 4. The summed E-state index contributed by atoms with van der Waals surface area (Å²) in [4.78, 5) is 0. The third kappa shape index (κ3) is 6.54. The predicted molar refractivity (Wildman–Crippen MR) is 117 cm³/mol. The Labute approximate surface area is 167 Å². The Morgan fingerprint density at radius 2 is 1.32 bits per heavy atom. The van der Waals surface area contributed by atoms with Crippen LogP contribution in [-0.4, -0.2) is 19.7 Å². The number of para-hydroxylation sites is 1. The molecule has 0 heterocycles. The van der Waals surface area contributed by atoms with Crippen LogP contribution in [-0.2, 0) is 0 Å². The summed E-state index contributed by atoms with van der Waals surface area (Å²) in [6.45, 7) is 6.66. The van der Waals surface area contributed by atoms with Gasteiger partial charge in [0, 0.05) is 30.5 Å².